The van der Waals surface area contributed by atoms with Crippen molar-refractivity contribution < 1.29 is 19.1 Å². The Morgan fingerprint density at radius 2 is 2.03 bits per heavy atom. The van der Waals surface area contributed by atoms with Crippen molar-refractivity contribution in [3.8, 4) is 6.07 Å². The molecule has 158 valence electrons. The minimum absolute atomic E-state index is 0.292. The van der Waals surface area contributed by atoms with Crippen molar-refractivity contribution in [2.24, 2.45) is 0 Å². The van der Waals surface area contributed by atoms with Crippen LogP contribution in [0.2, 0.25) is 0 Å². The number of hydrogen-bond acceptors (Lipinski definition) is 7. The van der Waals surface area contributed by atoms with Crippen LogP contribution in [0.15, 0.2) is 0 Å². The molecule has 1 aliphatic rings. The van der Waals surface area contributed by atoms with Gasteiger partial charge in [-0.1, -0.05) is 6.92 Å². The van der Waals surface area contributed by atoms with E-state index in [1.807, 2.05) is 6.26 Å². The lowest BCUT2D eigenvalue weighted by atomic mass is 9.96. The van der Waals surface area contributed by atoms with Gasteiger partial charge in [-0.2, -0.15) is 17.0 Å². The smallest absolute Gasteiger partial charge is 0.329 e. The lowest BCUT2D eigenvalue weighted by molar-refractivity contribution is -0.157. The molecule has 0 spiro atoms. The van der Waals surface area contributed by atoms with Gasteiger partial charge in [0.15, 0.2) is 6.10 Å². The molecule has 0 radical (unpaired) electrons. The first-order chi connectivity index (χ1) is 13.9. The van der Waals surface area contributed by atoms with Gasteiger partial charge >= 0.3 is 5.97 Å². The van der Waals surface area contributed by atoms with E-state index < -0.39 is 24.0 Å². The number of nitriles is 1. The van der Waals surface area contributed by atoms with Gasteiger partial charge in [0, 0.05) is 11.8 Å². The standard InChI is InChI=1S/C20H27N3O4S2/c1-4-16(27-20(26)15(9-10-28-3)22-12(2)24)18(25)23-19-14(11-21)13-7-5-6-8-17(13)29-19/h15-16H,4-10H2,1-3H3,(H,22,24)(H,23,25). The third-order valence-electron chi connectivity index (χ3n) is 4.71. The monoisotopic (exact) mass is 437 g/mol. The van der Waals surface area contributed by atoms with Gasteiger partial charge in [-0.05, 0) is 56.1 Å². The molecule has 2 unspecified atom stereocenters. The summed E-state index contributed by atoms with van der Waals surface area (Å²) in [5, 5.41) is 15.4. The number of anilines is 1. The number of nitrogens with zero attached hydrogens (tertiary/aromatic N) is 1. The van der Waals surface area contributed by atoms with Gasteiger partial charge in [-0.15, -0.1) is 11.3 Å². The third kappa shape index (κ3) is 6.21. The molecule has 2 rings (SSSR count). The Hall–Kier alpha value is -2.05. The third-order valence-corrected chi connectivity index (χ3v) is 6.57. The molecule has 0 aliphatic heterocycles. The number of thioether (sulfide) groups is 1. The molecule has 0 saturated heterocycles. The maximum absolute atomic E-state index is 12.7. The summed E-state index contributed by atoms with van der Waals surface area (Å²) in [5.74, 6) is -0.729. The van der Waals surface area contributed by atoms with Crippen LogP contribution < -0.4 is 10.6 Å². The highest BCUT2D eigenvalue weighted by molar-refractivity contribution is 7.98. The number of fused-ring (bicyclic) bond motifs is 1. The Kier molecular flexibility index (Phi) is 8.99. The topological polar surface area (TPSA) is 108 Å². The van der Waals surface area contributed by atoms with E-state index in [1.54, 1.807) is 18.7 Å². The van der Waals surface area contributed by atoms with E-state index in [4.69, 9.17) is 4.74 Å². The van der Waals surface area contributed by atoms with Crippen LogP contribution in [0.25, 0.3) is 0 Å². The first-order valence-electron chi connectivity index (χ1n) is 9.73. The SMILES string of the molecule is CCC(OC(=O)C(CCSC)NC(C)=O)C(=O)Nc1sc2c(c1C#N)CCCC2. The number of ether oxygens (including phenoxy) is 1. The summed E-state index contributed by atoms with van der Waals surface area (Å²) in [7, 11) is 0. The molecule has 9 heteroatoms. The second kappa shape index (κ2) is 11.2. The molecule has 0 aromatic carbocycles. The molecule has 2 atom stereocenters. The first-order valence-corrected chi connectivity index (χ1v) is 11.9. The molecule has 1 heterocycles. The summed E-state index contributed by atoms with van der Waals surface area (Å²) in [6, 6.07) is 1.42. The number of amides is 2. The van der Waals surface area contributed by atoms with Crippen LogP contribution in [-0.2, 0) is 32.0 Å². The maximum Gasteiger partial charge on any atom is 0.329 e. The number of esters is 1. The van der Waals surface area contributed by atoms with Crippen LogP contribution >= 0.6 is 23.1 Å². The molecule has 1 aliphatic carbocycles. The number of hydrogen-bond donors (Lipinski definition) is 2. The van der Waals surface area contributed by atoms with Crippen LogP contribution in [-0.4, -0.2) is 41.9 Å². The highest BCUT2D eigenvalue weighted by Crippen LogP contribution is 2.37. The van der Waals surface area contributed by atoms with Crippen molar-refractivity contribution in [1.82, 2.24) is 5.32 Å². The Morgan fingerprint density at radius 3 is 2.66 bits per heavy atom. The number of rotatable bonds is 9. The molecule has 0 saturated carbocycles. The van der Waals surface area contributed by atoms with Crippen molar-refractivity contribution >= 4 is 45.9 Å². The molecule has 0 bridgehead atoms. The average Bonchev–Trinajstić information content (AvgIpc) is 3.05. The molecular weight excluding hydrogens is 410 g/mol. The van der Waals surface area contributed by atoms with Gasteiger partial charge in [0.1, 0.15) is 17.1 Å². The summed E-state index contributed by atoms with van der Waals surface area (Å²) in [6.07, 6.45) is 5.54. The first kappa shape index (κ1) is 23.2. The number of carbonyl (C=O) groups excluding carboxylic acids is 3. The molecule has 7 nitrogen and oxygen atoms in total. The summed E-state index contributed by atoms with van der Waals surface area (Å²) < 4.78 is 5.42. The van der Waals surface area contributed by atoms with E-state index in [9.17, 15) is 19.6 Å². The van der Waals surface area contributed by atoms with Gasteiger partial charge in [0.05, 0.1) is 5.56 Å². The van der Waals surface area contributed by atoms with E-state index in [-0.39, 0.29) is 5.91 Å². The van der Waals surface area contributed by atoms with Gasteiger partial charge in [-0.25, -0.2) is 4.79 Å². The number of thiophene rings is 1. The van der Waals surface area contributed by atoms with Crippen LogP contribution in [0.3, 0.4) is 0 Å². The molecule has 1 aromatic rings. The fraction of sp³-hybridized carbons (Fsp3) is 0.600. The van der Waals surface area contributed by atoms with E-state index >= 15 is 0 Å². The number of aryl methyl sites for hydroxylation is 1. The van der Waals surface area contributed by atoms with E-state index in [2.05, 4.69) is 16.7 Å². The van der Waals surface area contributed by atoms with Crippen molar-refractivity contribution in [1.29, 1.82) is 5.26 Å². The van der Waals surface area contributed by atoms with Crippen molar-refractivity contribution in [3.63, 3.8) is 0 Å². The minimum Gasteiger partial charge on any atom is -0.451 e. The second-order valence-corrected chi connectivity index (χ2v) is 8.98. The summed E-state index contributed by atoms with van der Waals surface area (Å²) >= 11 is 2.99. The second-order valence-electron chi connectivity index (χ2n) is 6.88. The van der Waals surface area contributed by atoms with Crippen LogP contribution in [0.1, 0.15) is 55.5 Å². The van der Waals surface area contributed by atoms with Crippen LogP contribution in [0.4, 0.5) is 5.00 Å². The van der Waals surface area contributed by atoms with E-state index in [0.717, 1.165) is 36.1 Å². The lowest BCUT2D eigenvalue weighted by Gasteiger charge is -2.21. The lowest BCUT2D eigenvalue weighted by Crippen LogP contribution is -2.44. The van der Waals surface area contributed by atoms with Crippen LogP contribution in [0.5, 0.6) is 0 Å². The molecule has 2 N–H and O–H groups in total. The highest BCUT2D eigenvalue weighted by atomic mass is 32.2. The number of nitrogens with one attached hydrogen (secondary N) is 2. The van der Waals surface area contributed by atoms with Gasteiger partial charge < -0.3 is 15.4 Å². The zero-order valence-electron chi connectivity index (χ0n) is 17.0. The minimum atomic E-state index is -0.987. The predicted molar refractivity (Wildman–Crippen MR) is 115 cm³/mol. The zero-order valence-corrected chi connectivity index (χ0v) is 18.6. The summed E-state index contributed by atoms with van der Waals surface area (Å²) in [4.78, 5) is 37.8. The summed E-state index contributed by atoms with van der Waals surface area (Å²) in [6.45, 7) is 3.09. The molecule has 2 amide bonds. The Balaban J connectivity index is 2.08. The maximum atomic E-state index is 12.7. The fourth-order valence-corrected chi connectivity index (χ4v) is 4.95. The van der Waals surface area contributed by atoms with Crippen LogP contribution in [0, 0.1) is 11.3 Å². The Morgan fingerprint density at radius 1 is 1.31 bits per heavy atom. The molecule has 0 fully saturated rings. The fourth-order valence-electron chi connectivity index (χ4n) is 3.24. The number of carbonyl (C=O) groups is 3. The molecular formula is C20H27N3O4S2. The molecule has 29 heavy (non-hydrogen) atoms. The van der Waals surface area contributed by atoms with E-state index in [0.29, 0.717) is 29.2 Å². The van der Waals surface area contributed by atoms with Crippen molar-refractivity contribution in [2.75, 3.05) is 17.3 Å². The zero-order chi connectivity index (χ0) is 21.4. The normalized spacial score (nSPS) is 14.8. The largest absolute Gasteiger partial charge is 0.451 e. The predicted octanol–water partition coefficient (Wildman–Crippen LogP) is 3.02. The quantitative estimate of drug-likeness (QED) is 0.575. The van der Waals surface area contributed by atoms with E-state index in [1.165, 1.54) is 18.3 Å². The summed E-state index contributed by atoms with van der Waals surface area (Å²) in [5.41, 5.74) is 1.56. The van der Waals surface area contributed by atoms with Gasteiger partial charge in [0.25, 0.3) is 5.91 Å². The molecule has 1 aromatic heterocycles. The van der Waals surface area contributed by atoms with Gasteiger partial charge in [0.2, 0.25) is 5.91 Å². The Bertz CT molecular complexity index is 800. The Labute approximate surface area is 179 Å². The highest BCUT2D eigenvalue weighted by Gasteiger charge is 2.29. The average molecular weight is 438 g/mol. The van der Waals surface area contributed by atoms with Gasteiger partial charge in [-0.3, -0.25) is 9.59 Å². The van der Waals surface area contributed by atoms with Crippen molar-refractivity contribution in [3.05, 3.63) is 16.0 Å². The van der Waals surface area contributed by atoms with Crippen molar-refractivity contribution in [2.45, 2.75) is 64.5 Å².